The molecule has 0 saturated carbocycles. The van der Waals surface area contributed by atoms with Crippen molar-refractivity contribution in [1.82, 2.24) is 15.3 Å². The predicted molar refractivity (Wildman–Crippen MR) is 159 cm³/mol. The van der Waals surface area contributed by atoms with Crippen molar-refractivity contribution >= 4 is 39.5 Å². The topological polar surface area (TPSA) is 122 Å². The van der Waals surface area contributed by atoms with Crippen LogP contribution in [0.5, 0.6) is 0 Å². The number of pyridine rings is 1. The Morgan fingerprint density at radius 3 is 2.77 bits per heavy atom. The number of carbonyl (C=O) groups is 2. The molecule has 0 saturated heterocycles. The number of nitrogens with one attached hydrogen (secondary N) is 3. The smallest absolute Gasteiger partial charge is 0.404 e. The van der Waals surface area contributed by atoms with Crippen LogP contribution in [0.2, 0.25) is 0 Å². The van der Waals surface area contributed by atoms with Gasteiger partial charge in [0.15, 0.2) is 0 Å². The second-order valence-electron chi connectivity index (χ2n) is 10.7. The summed E-state index contributed by atoms with van der Waals surface area (Å²) in [4.78, 5) is 30.7. The van der Waals surface area contributed by atoms with Crippen LogP contribution in [-0.4, -0.2) is 35.1 Å². The number of anilines is 1. The molecule has 0 radical (unpaired) electrons. The second-order valence-corrected chi connectivity index (χ2v) is 10.7. The lowest BCUT2D eigenvalue weighted by Gasteiger charge is -2.27. The SMILES string of the molecule is CC(=O)NCCc1c[nH]c2ccc(C(CCCCCOC(N)=O)Nc3c4c(nc5ccccc35)CCCC4)cc12. The van der Waals surface area contributed by atoms with E-state index in [1.165, 1.54) is 51.7 Å². The first-order chi connectivity index (χ1) is 19.5. The van der Waals surface area contributed by atoms with E-state index in [1.54, 1.807) is 6.92 Å². The minimum absolute atomic E-state index is 0.0149. The van der Waals surface area contributed by atoms with E-state index in [0.29, 0.717) is 13.2 Å². The molecule has 4 aromatic rings. The van der Waals surface area contributed by atoms with Crippen molar-refractivity contribution in [3.8, 4) is 0 Å². The van der Waals surface area contributed by atoms with Crippen molar-refractivity contribution in [2.75, 3.05) is 18.5 Å². The molecular formula is C32H39N5O3. The minimum atomic E-state index is -0.719. The molecule has 0 bridgehead atoms. The molecule has 2 aromatic heterocycles. The molecule has 8 nitrogen and oxygen atoms in total. The van der Waals surface area contributed by atoms with Crippen LogP contribution < -0.4 is 16.4 Å². The van der Waals surface area contributed by atoms with Crippen LogP contribution in [0.1, 0.15) is 73.9 Å². The Morgan fingerprint density at radius 1 is 1.07 bits per heavy atom. The number of para-hydroxylation sites is 1. The summed E-state index contributed by atoms with van der Waals surface area (Å²) in [7, 11) is 0. The number of fused-ring (bicyclic) bond motifs is 3. The van der Waals surface area contributed by atoms with Crippen molar-refractivity contribution in [2.24, 2.45) is 5.73 Å². The van der Waals surface area contributed by atoms with Crippen LogP contribution in [-0.2, 0) is 28.8 Å². The van der Waals surface area contributed by atoms with E-state index in [0.717, 1.165) is 56.0 Å². The summed E-state index contributed by atoms with van der Waals surface area (Å²) >= 11 is 0. The van der Waals surface area contributed by atoms with Gasteiger partial charge in [-0.25, -0.2) is 4.79 Å². The number of aromatic nitrogens is 2. The van der Waals surface area contributed by atoms with Gasteiger partial charge in [0, 0.05) is 47.3 Å². The summed E-state index contributed by atoms with van der Waals surface area (Å²) in [5.74, 6) is -0.0149. The molecule has 2 aromatic carbocycles. The highest BCUT2D eigenvalue weighted by Crippen LogP contribution is 2.37. The van der Waals surface area contributed by atoms with E-state index >= 15 is 0 Å². The maximum Gasteiger partial charge on any atom is 0.404 e. The number of hydrogen-bond acceptors (Lipinski definition) is 5. The van der Waals surface area contributed by atoms with E-state index < -0.39 is 6.09 Å². The Hall–Kier alpha value is -4.07. The van der Waals surface area contributed by atoms with Crippen molar-refractivity contribution in [3.05, 3.63) is 71.0 Å². The first kappa shape index (κ1) is 27.5. The monoisotopic (exact) mass is 541 g/mol. The van der Waals surface area contributed by atoms with E-state index in [-0.39, 0.29) is 11.9 Å². The number of H-pyrrole nitrogens is 1. The van der Waals surface area contributed by atoms with E-state index in [4.69, 9.17) is 15.5 Å². The number of benzene rings is 2. The molecule has 0 aliphatic heterocycles. The molecule has 1 aliphatic rings. The fraction of sp³-hybridized carbons (Fsp3) is 0.406. The largest absolute Gasteiger partial charge is 0.450 e. The maximum atomic E-state index is 11.4. The molecule has 1 unspecified atom stereocenters. The number of primary amides is 1. The van der Waals surface area contributed by atoms with Gasteiger partial charge in [0.1, 0.15) is 0 Å². The van der Waals surface area contributed by atoms with Crippen LogP contribution in [0, 0.1) is 0 Å². The summed E-state index contributed by atoms with van der Waals surface area (Å²) < 4.78 is 4.93. The normalized spacial score (nSPS) is 13.6. The second kappa shape index (κ2) is 12.9. The molecule has 1 atom stereocenters. The van der Waals surface area contributed by atoms with Crippen molar-refractivity contribution in [2.45, 2.75) is 70.8 Å². The molecule has 0 fully saturated rings. The van der Waals surface area contributed by atoms with Crippen molar-refractivity contribution in [3.63, 3.8) is 0 Å². The molecule has 8 heteroatoms. The number of ether oxygens (including phenoxy) is 1. The van der Waals surface area contributed by atoms with Gasteiger partial charge < -0.3 is 26.1 Å². The highest BCUT2D eigenvalue weighted by molar-refractivity contribution is 5.94. The molecule has 40 heavy (non-hydrogen) atoms. The van der Waals surface area contributed by atoms with E-state index in [9.17, 15) is 9.59 Å². The number of nitrogens with zero attached hydrogens (tertiary/aromatic N) is 1. The Balaban J connectivity index is 1.45. The number of hydrogen-bond donors (Lipinski definition) is 4. The van der Waals surface area contributed by atoms with Gasteiger partial charge in [-0.2, -0.15) is 0 Å². The number of carbonyl (C=O) groups excluding carboxylic acids is 2. The lowest BCUT2D eigenvalue weighted by molar-refractivity contribution is -0.118. The minimum Gasteiger partial charge on any atom is -0.450 e. The number of rotatable bonds is 12. The quantitative estimate of drug-likeness (QED) is 0.162. The summed E-state index contributed by atoms with van der Waals surface area (Å²) in [6, 6.07) is 15.2. The van der Waals surface area contributed by atoms with Crippen molar-refractivity contribution in [1.29, 1.82) is 0 Å². The zero-order valence-electron chi connectivity index (χ0n) is 23.2. The van der Waals surface area contributed by atoms with Crippen LogP contribution in [0.3, 0.4) is 0 Å². The third-order valence-corrected chi connectivity index (χ3v) is 7.83. The van der Waals surface area contributed by atoms with Crippen LogP contribution >= 0.6 is 0 Å². The van der Waals surface area contributed by atoms with E-state index in [2.05, 4.69) is 58.1 Å². The van der Waals surface area contributed by atoms with Crippen LogP contribution in [0.25, 0.3) is 21.8 Å². The molecule has 5 N–H and O–H groups in total. The summed E-state index contributed by atoms with van der Waals surface area (Å²) in [6.07, 6.45) is 10.1. The molecule has 5 rings (SSSR count). The fourth-order valence-electron chi connectivity index (χ4n) is 5.83. The number of aromatic amines is 1. The lowest BCUT2D eigenvalue weighted by Crippen LogP contribution is -2.22. The van der Waals surface area contributed by atoms with Crippen LogP contribution in [0.15, 0.2) is 48.7 Å². The number of aryl methyl sites for hydroxylation is 1. The third-order valence-electron chi connectivity index (χ3n) is 7.83. The highest BCUT2D eigenvalue weighted by atomic mass is 16.5. The Bertz CT molecular complexity index is 1490. The van der Waals surface area contributed by atoms with Gasteiger partial charge >= 0.3 is 6.09 Å². The van der Waals surface area contributed by atoms with Gasteiger partial charge in [-0.15, -0.1) is 0 Å². The van der Waals surface area contributed by atoms with Crippen molar-refractivity contribution < 1.29 is 14.3 Å². The van der Waals surface area contributed by atoms with Crippen LogP contribution in [0.4, 0.5) is 10.5 Å². The van der Waals surface area contributed by atoms with Gasteiger partial charge in [-0.3, -0.25) is 9.78 Å². The molecule has 2 amide bonds. The molecular weight excluding hydrogens is 502 g/mol. The fourth-order valence-corrected chi connectivity index (χ4v) is 5.83. The Morgan fingerprint density at radius 2 is 1.93 bits per heavy atom. The van der Waals surface area contributed by atoms with Gasteiger partial charge in [0.2, 0.25) is 5.91 Å². The molecule has 210 valence electrons. The number of unbranched alkanes of at least 4 members (excludes halogenated alkanes) is 2. The molecule has 2 heterocycles. The maximum absolute atomic E-state index is 11.4. The number of amides is 2. The van der Waals surface area contributed by atoms with E-state index in [1.807, 2.05) is 6.20 Å². The average molecular weight is 542 g/mol. The molecule has 0 spiro atoms. The number of nitrogens with two attached hydrogens (primary N) is 1. The standard InChI is InChI=1S/C32H39N5O3/c1-21(38)34-17-16-23-20-35-28-15-14-22(19-26(23)28)27(11-3-2-8-18-40-32(33)39)37-31-24-9-4-6-12-29(24)36-30-13-7-5-10-25(30)31/h4,6,9,12,14-15,19-20,27,35H,2-3,5,7-8,10-11,13,16-18H2,1H3,(H2,33,39)(H,34,38)(H,36,37). The first-order valence-electron chi connectivity index (χ1n) is 14.4. The predicted octanol–water partition coefficient (Wildman–Crippen LogP) is 6.08. The zero-order chi connectivity index (χ0) is 27.9. The highest BCUT2D eigenvalue weighted by Gasteiger charge is 2.21. The van der Waals surface area contributed by atoms with Gasteiger partial charge in [0.05, 0.1) is 18.2 Å². The Kier molecular flexibility index (Phi) is 8.84. The van der Waals surface area contributed by atoms with Gasteiger partial charge in [0.25, 0.3) is 0 Å². The zero-order valence-corrected chi connectivity index (χ0v) is 23.2. The third kappa shape index (κ3) is 6.55. The summed E-state index contributed by atoms with van der Waals surface area (Å²) in [5, 5.41) is 9.26. The first-order valence-corrected chi connectivity index (χ1v) is 14.4. The Labute approximate surface area is 235 Å². The van der Waals surface area contributed by atoms with Gasteiger partial charge in [-0.05, 0) is 86.3 Å². The average Bonchev–Trinajstić information content (AvgIpc) is 3.35. The summed E-state index contributed by atoms with van der Waals surface area (Å²) in [6.45, 7) is 2.50. The lowest BCUT2D eigenvalue weighted by atomic mass is 9.91. The summed E-state index contributed by atoms with van der Waals surface area (Å²) in [5.41, 5.74) is 13.4. The molecule has 1 aliphatic carbocycles. The van der Waals surface area contributed by atoms with Gasteiger partial charge in [-0.1, -0.05) is 30.7 Å².